The van der Waals surface area contributed by atoms with E-state index < -0.39 is 36.4 Å². The molecular weight excluding hydrogens is 370 g/mol. The summed E-state index contributed by atoms with van der Waals surface area (Å²) in [6, 6.07) is 10.1. The van der Waals surface area contributed by atoms with Gasteiger partial charge in [-0.3, -0.25) is 0 Å². The zero-order valence-electron chi connectivity index (χ0n) is 12.8. The molecule has 0 fully saturated rings. The van der Waals surface area contributed by atoms with Crippen LogP contribution in [0.25, 0.3) is 12.2 Å². The van der Waals surface area contributed by atoms with Crippen LogP contribution in [0.1, 0.15) is 11.1 Å². The highest BCUT2D eigenvalue weighted by Crippen LogP contribution is 2.11. The largest absolute Gasteiger partial charge is 0.223 e. The number of hydrogen-bond donors (Lipinski definition) is 0. The third-order valence-electron chi connectivity index (χ3n) is 3.00. The van der Waals surface area contributed by atoms with Gasteiger partial charge < -0.3 is 0 Å². The molecule has 0 aliphatic heterocycles. The normalized spacial score (nSPS) is 12.9. The van der Waals surface area contributed by atoms with Gasteiger partial charge in [0.2, 0.25) is 0 Å². The van der Waals surface area contributed by atoms with Crippen LogP contribution in [0.2, 0.25) is 0 Å². The molecule has 2 rings (SSSR count). The van der Waals surface area contributed by atoms with Gasteiger partial charge >= 0.3 is 0 Å². The Labute approximate surface area is 145 Å². The summed E-state index contributed by atoms with van der Waals surface area (Å²) in [5, 5.41) is 0.433. The maximum Gasteiger partial charge on any atom is 0.186 e. The standard InChI is InChI=1S/C17H14F2O4S2/c18-16-5-1-14(2-6-16)9-11-24(20,21)13-25(22,23)12-10-15-3-7-17(19)8-4-15/h1-12H,13H2. The number of rotatable bonds is 6. The molecule has 0 bridgehead atoms. The van der Waals surface area contributed by atoms with Gasteiger partial charge in [0.15, 0.2) is 24.8 Å². The van der Waals surface area contributed by atoms with E-state index in [2.05, 4.69) is 0 Å². The van der Waals surface area contributed by atoms with Crippen molar-refractivity contribution in [1.29, 1.82) is 0 Å². The fraction of sp³-hybridized carbons (Fsp3) is 0.0588. The van der Waals surface area contributed by atoms with Crippen molar-refractivity contribution in [3.63, 3.8) is 0 Å². The Morgan fingerprint density at radius 1 is 0.640 bits per heavy atom. The molecule has 2 aromatic carbocycles. The Hall–Kier alpha value is -2.32. The van der Waals surface area contributed by atoms with Crippen molar-refractivity contribution in [3.8, 4) is 0 Å². The highest BCUT2D eigenvalue weighted by molar-refractivity contribution is 8.10. The monoisotopic (exact) mass is 384 g/mol. The van der Waals surface area contributed by atoms with Gasteiger partial charge in [0.25, 0.3) is 0 Å². The first-order valence-electron chi connectivity index (χ1n) is 6.98. The van der Waals surface area contributed by atoms with Gasteiger partial charge in [0.05, 0.1) is 0 Å². The molecule has 0 saturated carbocycles. The summed E-state index contributed by atoms with van der Waals surface area (Å²) in [6.45, 7) is 0. The zero-order valence-corrected chi connectivity index (χ0v) is 14.5. The fourth-order valence-corrected chi connectivity index (χ4v) is 5.01. The minimum Gasteiger partial charge on any atom is -0.223 e. The van der Waals surface area contributed by atoms with Gasteiger partial charge in [-0.1, -0.05) is 24.3 Å². The van der Waals surface area contributed by atoms with Crippen LogP contribution >= 0.6 is 0 Å². The maximum atomic E-state index is 12.8. The van der Waals surface area contributed by atoms with Crippen LogP contribution in [0, 0.1) is 11.6 Å². The molecule has 0 aliphatic carbocycles. The maximum absolute atomic E-state index is 12.8. The van der Waals surface area contributed by atoms with Crippen molar-refractivity contribution in [2.45, 2.75) is 0 Å². The lowest BCUT2D eigenvalue weighted by Crippen LogP contribution is -2.11. The summed E-state index contributed by atoms with van der Waals surface area (Å²) >= 11 is 0. The van der Waals surface area contributed by atoms with Crippen molar-refractivity contribution in [3.05, 3.63) is 82.1 Å². The van der Waals surface area contributed by atoms with Gasteiger partial charge in [0, 0.05) is 10.8 Å². The third-order valence-corrected chi connectivity index (χ3v) is 6.73. The van der Waals surface area contributed by atoms with E-state index in [1.165, 1.54) is 36.4 Å². The molecular formula is C17H14F2O4S2. The topological polar surface area (TPSA) is 68.3 Å². The van der Waals surface area contributed by atoms with Crippen molar-refractivity contribution >= 4 is 31.8 Å². The van der Waals surface area contributed by atoms with E-state index in [-0.39, 0.29) is 0 Å². The SMILES string of the molecule is O=S(=O)(C=Cc1ccc(F)cc1)CS(=O)(=O)C=Cc1ccc(F)cc1. The Morgan fingerprint density at radius 3 is 1.28 bits per heavy atom. The van der Waals surface area contributed by atoms with Crippen LogP contribution in [0.4, 0.5) is 8.78 Å². The summed E-state index contributed by atoms with van der Waals surface area (Å²) in [4.78, 5) is 0. The molecule has 0 spiro atoms. The highest BCUT2D eigenvalue weighted by atomic mass is 32.3. The second-order valence-electron chi connectivity index (χ2n) is 5.15. The molecule has 4 nitrogen and oxygen atoms in total. The van der Waals surface area contributed by atoms with Gasteiger partial charge in [0.1, 0.15) is 11.6 Å². The summed E-state index contributed by atoms with van der Waals surface area (Å²) in [5.41, 5.74) is 0.841. The Kier molecular flexibility index (Phi) is 5.86. The van der Waals surface area contributed by atoms with E-state index in [1.807, 2.05) is 0 Å². The molecule has 0 N–H and O–H groups in total. The molecule has 8 heteroatoms. The molecule has 0 aromatic heterocycles. The lowest BCUT2D eigenvalue weighted by molar-refractivity contribution is 0.598. The second-order valence-corrected chi connectivity index (χ2v) is 9.29. The summed E-state index contributed by atoms with van der Waals surface area (Å²) in [5.74, 6) is -0.929. The average Bonchev–Trinajstić information content (AvgIpc) is 2.53. The van der Waals surface area contributed by atoms with Crippen molar-refractivity contribution in [2.24, 2.45) is 0 Å². The van der Waals surface area contributed by atoms with E-state index in [0.717, 1.165) is 35.1 Å². The van der Waals surface area contributed by atoms with E-state index in [4.69, 9.17) is 0 Å². The second kappa shape index (κ2) is 7.71. The molecule has 0 radical (unpaired) electrons. The Bertz CT molecular complexity index is 906. The number of hydrogen-bond acceptors (Lipinski definition) is 4. The van der Waals surface area contributed by atoms with E-state index >= 15 is 0 Å². The molecule has 0 amide bonds. The van der Waals surface area contributed by atoms with Gasteiger partial charge in [-0.15, -0.1) is 0 Å². The third kappa shape index (κ3) is 6.60. The van der Waals surface area contributed by atoms with E-state index in [1.54, 1.807) is 0 Å². The molecule has 0 atom stereocenters. The minimum absolute atomic E-state index is 0.421. The first kappa shape index (κ1) is 19.0. The van der Waals surface area contributed by atoms with Crippen LogP contribution in [-0.2, 0) is 19.7 Å². The van der Waals surface area contributed by atoms with Gasteiger partial charge in [-0.25, -0.2) is 25.6 Å². The smallest absolute Gasteiger partial charge is 0.186 e. The summed E-state index contributed by atoms with van der Waals surface area (Å²) in [7, 11) is -8.06. The van der Waals surface area contributed by atoms with Crippen LogP contribution in [0.3, 0.4) is 0 Å². The zero-order chi connectivity index (χ0) is 18.5. The molecule has 0 unspecified atom stereocenters. The molecule has 0 heterocycles. The van der Waals surface area contributed by atoms with Crippen LogP contribution in [0.15, 0.2) is 59.3 Å². The lowest BCUT2D eigenvalue weighted by atomic mass is 10.2. The average molecular weight is 384 g/mol. The van der Waals surface area contributed by atoms with Crippen molar-refractivity contribution < 1.29 is 25.6 Å². The predicted octanol–water partition coefficient (Wildman–Crippen LogP) is 3.39. The Balaban J connectivity index is 2.09. The Morgan fingerprint density at radius 2 is 0.960 bits per heavy atom. The van der Waals surface area contributed by atoms with Crippen molar-refractivity contribution in [1.82, 2.24) is 0 Å². The highest BCUT2D eigenvalue weighted by Gasteiger charge is 2.17. The molecule has 0 saturated heterocycles. The van der Waals surface area contributed by atoms with Crippen LogP contribution in [-0.4, -0.2) is 21.9 Å². The molecule has 25 heavy (non-hydrogen) atoms. The van der Waals surface area contributed by atoms with Crippen molar-refractivity contribution in [2.75, 3.05) is 5.08 Å². The van der Waals surface area contributed by atoms with Gasteiger partial charge in [-0.2, -0.15) is 0 Å². The molecule has 2 aromatic rings. The first-order chi connectivity index (χ1) is 11.7. The van der Waals surface area contributed by atoms with E-state index in [9.17, 15) is 25.6 Å². The fourth-order valence-electron chi connectivity index (χ4n) is 1.82. The molecule has 132 valence electrons. The minimum atomic E-state index is -4.03. The number of halogens is 2. The van der Waals surface area contributed by atoms with Crippen LogP contribution in [0.5, 0.6) is 0 Å². The molecule has 0 aliphatic rings. The number of sulfone groups is 2. The lowest BCUT2D eigenvalue weighted by Gasteiger charge is -1.99. The quantitative estimate of drug-likeness (QED) is 0.766. The van der Waals surface area contributed by atoms with Gasteiger partial charge in [-0.05, 0) is 47.5 Å². The predicted molar refractivity (Wildman–Crippen MR) is 93.6 cm³/mol. The van der Waals surface area contributed by atoms with Crippen LogP contribution < -0.4 is 0 Å². The van der Waals surface area contributed by atoms with E-state index in [0.29, 0.717) is 11.1 Å². The number of benzene rings is 2. The summed E-state index contributed by atoms with van der Waals surface area (Å²) < 4.78 is 73.2. The summed E-state index contributed by atoms with van der Waals surface area (Å²) in [6.07, 6.45) is 2.38. The first-order valence-corrected chi connectivity index (χ1v) is 10.4.